The van der Waals surface area contributed by atoms with E-state index in [1.54, 1.807) is 6.20 Å². The van der Waals surface area contributed by atoms with Gasteiger partial charge in [-0.3, -0.25) is 9.78 Å². The van der Waals surface area contributed by atoms with Gasteiger partial charge in [0, 0.05) is 11.6 Å². The van der Waals surface area contributed by atoms with Crippen LogP contribution in [0.15, 0.2) is 36.5 Å². The molecule has 0 radical (unpaired) electrons. The number of rotatable bonds is 5. The van der Waals surface area contributed by atoms with Crippen molar-refractivity contribution in [2.45, 2.75) is 44.2 Å². The van der Waals surface area contributed by atoms with Crippen LogP contribution in [0.1, 0.15) is 38.5 Å². The highest BCUT2D eigenvalue weighted by Crippen LogP contribution is 2.63. The average molecular weight is 369 g/mol. The Hall–Kier alpha value is -2.17. The summed E-state index contributed by atoms with van der Waals surface area (Å²) in [6.45, 7) is 0.468. The third kappa shape index (κ3) is 2.97. The van der Waals surface area contributed by atoms with Crippen molar-refractivity contribution >= 4 is 16.9 Å². The maximum absolute atomic E-state index is 15.0. The Labute approximate surface area is 158 Å². The number of carbonyl (C=O) groups is 1. The van der Waals surface area contributed by atoms with Crippen LogP contribution in [-0.4, -0.2) is 29.8 Å². The average Bonchev–Trinajstić information content (AvgIpc) is 2.63. The normalized spacial score (nSPS) is 34.0. The molecular formula is C22H24FNO3. The highest BCUT2D eigenvalue weighted by atomic mass is 19.1. The van der Waals surface area contributed by atoms with Gasteiger partial charge in [-0.05, 0) is 68.6 Å². The zero-order valence-electron chi connectivity index (χ0n) is 15.3. The molecule has 2 atom stereocenters. The van der Waals surface area contributed by atoms with Crippen LogP contribution >= 0.6 is 0 Å². The van der Waals surface area contributed by atoms with Crippen molar-refractivity contribution in [3.05, 3.63) is 36.5 Å². The number of pyridine rings is 1. The Morgan fingerprint density at radius 1 is 1.11 bits per heavy atom. The number of hydrogen-bond donors (Lipinski definition) is 0. The molecule has 4 fully saturated rings. The molecule has 1 heterocycles. The minimum Gasteiger partial charge on any atom is -0.489 e. The molecule has 0 N–H and O–H groups in total. The first-order chi connectivity index (χ1) is 13.1. The van der Waals surface area contributed by atoms with E-state index >= 15 is 4.39 Å². The molecule has 1 aromatic heterocycles. The van der Waals surface area contributed by atoms with Gasteiger partial charge in [-0.2, -0.15) is 0 Å². The van der Waals surface area contributed by atoms with E-state index in [1.807, 2.05) is 30.3 Å². The molecule has 1 aromatic carbocycles. The van der Waals surface area contributed by atoms with Gasteiger partial charge >= 0.3 is 5.97 Å². The van der Waals surface area contributed by atoms with Gasteiger partial charge in [0.25, 0.3) is 0 Å². The second kappa shape index (κ2) is 6.18. The lowest BCUT2D eigenvalue weighted by Crippen LogP contribution is -2.56. The summed E-state index contributed by atoms with van der Waals surface area (Å²) in [7, 11) is 0. The molecule has 4 aliphatic carbocycles. The topological polar surface area (TPSA) is 48.4 Å². The van der Waals surface area contributed by atoms with E-state index in [0.717, 1.165) is 35.9 Å². The molecule has 0 aliphatic heterocycles. The van der Waals surface area contributed by atoms with Gasteiger partial charge in [0.1, 0.15) is 24.6 Å². The maximum atomic E-state index is 15.0. The maximum Gasteiger partial charge on any atom is 0.312 e. The van der Waals surface area contributed by atoms with E-state index in [2.05, 4.69) is 4.98 Å². The van der Waals surface area contributed by atoms with Gasteiger partial charge in [-0.1, -0.05) is 12.1 Å². The van der Waals surface area contributed by atoms with Gasteiger partial charge in [0.15, 0.2) is 0 Å². The number of esters is 1. The molecular weight excluding hydrogens is 345 g/mol. The summed E-state index contributed by atoms with van der Waals surface area (Å²) < 4.78 is 26.4. The summed E-state index contributed by atoms with van der Waals surface area (Å²) in [5.74, 6) is 1.21. The summed E-state index contributed by atoms with van der Waals surface area (Å²) in [4.78, 5) is 17.1. The zero-order chi connectivity index (χ0) is 18.5. The van der Waals surface area contributed by atoms with Crippen LogP contribution in [0.3, 0.4) is 0 Å². The number of nitrogens with zero attached hydrogens (tertiary/aromatic N) is 1. The summed E-state index contributed by atoms with van der Waals surface area (Å²) in [5.41, 5.74) is -0.869. The molecule has 5 heteroatoms. The Kier molecular flexibility index (Phi) is 3.88. The zero-order valence-corrected chi connectivity index (χ0v) is 15.3. The monoisotopic (exact) mass is 369 g/mol. The lowest BCUT2D eigenvalue weighted by molar-refractivity contribution is -0.183. The molecule has 0 amide bonds. The van der Waals surface area contributed by atoms with Crippen LogP contribution in [0.25, 0.3) is 10.9 Å². The van der Waals surface area contributed by atoms with Crippen LogP contribution in [0.4, 0.5) is 4.39 Å². The molecule has 2 unspecified atom stereocenters. The number of benzene rings is 1. The van der Waals surface area contributed by atoms with Crippen molar-refractivity contribution in [3.8, 4) is 5.75 Å². The van der Waals surface area contributed by atoms with E-state index in [0.29, 0.717) is 31.1 Å². The minimum atomic E-state index is -1.14. The standard InChI is InChI=1S/C22H24FNO3/c23-22-12-15-9-16(13-22)11-21(10-15,14-22)20(25)27-8-7-26-19-5-6-24-18-4-2-1-3-17(18)19/h1-6,15-16H,7-14H2. The quantitative estimate of drug-likeness (QED) is 0.576. The van der Waals surface area contributed by atoms with Crippen molar-refractivity contribution in [3.63, 3.8) is 0 Å². The first-order valence-corrected chi connectivity index (χ1v) is 9.88. The van der Waals surface area contributed by atoms with E-state index in [-0.39, 0.29) is 19.2 Å². The molecule has 6 rings (SSSR count). The van der Waals surface area contributed by atoms with Gasteiger partial charge < -0.3 is 9.47 Å². The van der Waals surface area contributed by atoms with Crippen molar-refractivity contribution in [2.24, 2.45) is 17.3 Å². The van der Waals surface area contributed by atoms with Gasteiger partial charge in [0.05, 0.1) is 10.9 Å². The second-order valence-electron chi connectivity index (χ2n) is 8.70. The molecule has 4 aliphatic rings. The lowest BCUT2D eigenvalue weighted by Gasteiger charge is -2.57. The Balaban J connectivity index is 1.20. The molecule has 0 saturated heterocycles. The second-order valence-corrected chi connectivity index (χ2v) is 8.70. The molecule has 4 nitrogen and oxygen atoms in total. The fourth-order valence-electron chi connectivity index (χ4n) is 6.02. The largest absolute Gasteiger partial charge is 0.489 e. The van der Waals surface area contributed by atoms with Gasteiger partial charge in [0.2, 0.25) is 0 Å². The molecule has 27 heavy (non-hydrogen) atoms. The Morgan fingerprint density at radius 2 is 1.89 bits per heavy atom. The molecule has 142 valence electrons. The van der Waals surface area contributed by atoms with Gasteiger partial charge in [-0.15, -0.1) is 0 Å². The van der Waals surface area contributed by atoms with E-state index in [4.69, 9.17) is 9.47 Å². The van der Waals surface area contributed by atoms with Crippen molar-refractivity contribution in [1.82, 2.24) is 4.98 Å². The molecule has 0 spiro atoms. The summed E-state index contributed by atoms with van der Waals surface area (Å²) in [6, 6.07) is 9.58. The van der Waals surface area contributed by atoms with Crippen molar-refractivity contribution < 1.29 is 18.7 Å². The lowest BCUT2D eigenvalue weighted by atomic mass is 9.48. The Morgan fingerprint density at radius 3 is 2.67 bits per heavy atom. The van der Waals surface area contributed by atoms with E-state index < -0.39 is 11.1 Å². The number of ether oxygens (including phenoxy) is 2. The smallest absolute Gasteiger partial charge is 0.312 e. The number of hydrogen-bond acceptors (Lipinski definition) is 4. The SMILES string of the molecule is O=C(OCCOc1ccnc2ccccc12)C12CC3CC(CC(F)(C3)C1)C2. The van der Waals surface area contributed by atoms with Crippen molar-refractivity contribution in [2.75, 3.05) is 13.2 Å². The highest BCUT2D eigenvalue weighted by Gasteiger charge is 2.61. The summed E-state index contributed by atoms with van der Waals surface area (Å²) in [5, 5.41) is 0.937. The number of para-hydroxylation sites is 1. The van der Waals surface area contributed by atoms with Crippen LogP contribution in [-0.2, 0) is 9.53 Å². The predicted molar refractivity (Wildman–Crippen MR) is 99.2 cm³/mol. The first kappa shape index (κ1) is 17.0. The fourth-order valence-corrected chi connectivity index (χ4v) is 6.02. The van der Waals surface area contributed by atoms with Crippen LogP contribution in [0, 0.1) is 17.3 Å². The first-order valence-electron chi connectivity index (χ1n) is 9.88. The third-order valence-electron chi connectivity index (χ3n) is 6.61. The van der Waals surface area contributed by atoms with Gasteiger partial charge in [-0.25, -0.2) is 4.39 Å². The number of halogens is 1. The van der Waals surface area contributed by atoms with Crippen LogP contribution in [0.5, 0.6) is 5.75 Å². The number of carbonyl (C=O) groups excluding carboxylic acids is 1. The van der Waals surface area contributed by atoms with E-state index in [1.165, 1.54) is 0 Å². The summed E-state index contributed by atoms with van der Waals surface area (Å²) >= 11 is 0. The Bertz CT molecular complexity index is 863. The van der Waals surface area contributed by atoms with Crippen LogP contribution < -0.4 is 4.74 Å². The number of alkyl halides is 1. The highest BCUT2D eigenvalue weighted by molar-refractivity contribution is 5.84. The minimum absolute atomic E-state index is 0.186. The molecule has 2 aromatic rings. The van der Waals surface area contributed by atoms with Crippen molar-refractivity contribution in [1.29, 1.82) is 0 Å². The number of fused-ring (bicyclic) bond motifs is 1. The summed E-state index contributed by atoms with van der Waals surface area (Å²) in [6.07, 6.45) is 6.00. The number of aromatic nitrogens is 1. The van der Waals surface area contributed by atoms with E-state index in [9.17, 15) is 4.79 Å². The molecule has 4 bridgehead atoms. The molecule has 4 saturated carbocycles. The van der Waals surface area contributed by atoms with Crippen LogP contribution in [0.2, 0.25) is 0 Å². The predicted octanol–water partition coefficient (Wildman–Crippen LogP) is 4.47. The fraction of sp³-hybridized carbons (Fsp3) is 0.545. The third-order valence-corrected chi connectivity index (χ3v) is 6.61.